The molecule has 0 fully saturated rings. The molecule has 0 saturated heterocycles. The number of aromatic nitrogens is 1. The lowest BCUT2D eigenvalue weighted by Gasteiger charge is -2.26. The monoisotopic (exact) mass is 612 g/mol. The summed E-state index contributed by atoms with van der Waals surface area (Å²) in [5.74, 6) is 0. The minimum absolute atomic E-state index is 1.10. The van der Waals surface area contributed by atoms with Crippen LogP contribution in [0.4, 0.5) is 17.1 Å². The lowest BCUT2D eigenvalue weighted by Crippen LogP contribution is -2.10. The molecule has 1 aromatic heterocycles. The molecule has 0 saturated carbocycles. The molecule has 0 aliphatic rings. The third-order valence-corrected chi connectivity index (χ3v) is 9.35. The lowest BCUT2D eigenvalue weighted by molar-refractivity contribution is 1.17. The number of hydrogen-bond donors (Lipinski definition) is 0. The van der Waals surface area contributed by atoms with Gasteiger partial charge < -0.3 is 9.47 Å². The molecule has 0 N–H and O–H groups in total. The van der Waals surface area contributed by atoms with E-state index in [0.717, 1.165) is 22.7 Å². The Kier molecular flexibility index (Phi) is 6.84. The van der Waals surface area contributed by atoms with E-state index in [0.29, 0.717) is 0 Å². The van der Waals surface area contributed by atoms with Crippen LogP contribution < -0.4 is 4.90 Å². The van der Waals surface area contributed by atoms with Gasteiger partial charge in [0.2, 0.25) is 0 Å². The predicted octanol–water partition coefficient (Wildman–Crippen LogP) is 12.7. The fraction of sp³-hybridized carbons (Fsp3) is 0. The van der Waals surface area contributed by atoms with Gasteiger partial charge in [-0.15, -0.1) is 0 Å². The maximum Gasteiger partial charge on any atom is 0.0547 e. The average molecular weight is 613 g/mol. The molecule has 226 valence electrons. The smallest absolute Gasteiger partial charge is 0.0547 e. The fourth-order valence-electron chi connectivity index (χ4n) is 7.02. The summed E-state index contributed by atoms with van der Waals surface area (Å²) < 4.78 is 2.40. The second kappa shape index (κ2) is 11.8. The van der Waals surface area contributed by atoms with Crippen molar-refractivity contribution < 1.29 is 0 Å². The molecule has 0 amide bonds. The molecule has 8 aromatic carbocycles. The second-order valence-corrected chi connectivity index (χ2v) is 12.3. The van der Waals surface area contributed by atoms with Crippen molar-refractivity contribution in [3.8, 4) is 27.9 Å². The number of hydrogen-bond acceptors (Lipinski definition) is 1. The van der Waals surface area contributed by atoms with Crippen LogP contribution in [0.1, 0.15) is 0 Å². The first-order chi connectivity index (χ1) is 23.8. The third-order valence-electron chi connectivity index (χ3n) is 9.35. The van der Waals surface area contributed by atoms with Crippen molar-refractivity contribution in [3.63, 3.8) is 0 Å². The van der Waals surface area contributed by atoms with E-state index in [1.54, 1.807) is 0 Å². The first-order valence-electron chi connectivity index (χ1n) is 16.4. The van der Waals surface area contributed by atoms with Gasteiger partial charge in [0.15, 0.2) is 0 Å². The van der Waals surface area contributed by atoms with Crippen LogP contribution in [-0.2, 0) is 0 Å². The third kappa shape index (κ3) is 4.92. The first-order valence-corrected chi connectivity index (χ1v) is 16.4. The average Bonchev–Trinajstić information content (AvgIpc) is 3.48. The molecule has 2 nitrogen and oxygen atoms in total. The van der Waals surface area contributed by atoms with Crippen LogP contribution in [0.15, 0.2) is 194 Å². The number of rotatable bonds is 6. The summed E-state index contributed by atoms with van der Waals surface area (Å²) in [7, 11) is 0. The minimum atomic E-state index is 1.10. The molecule has 0 atom stereocenters. The van der Waals surface area contributed by atoms with Crippen molar-refractivity contribution in [2.75, 3.05) is 4.90 Å². The Labute approximate surface area is 280 Å². The quantitative estimate of drug-likeness (QED) is 0.181. The topological polar surface area (TPSA) is 8.17 Å². The molecule has 0 aliphatic heterocycles. The van der Waals surface area contributed by atoms with Crippen molar-refractivity contribution in [1.29, 1.82) is 0 Å². The summed E-state index contributed by atoms with van der Waals surface area (Å²) in [6.45, 7) is 0. The van der Waals surface area contributed by atoms with Gasteiger partial charge in [-0.25, -0.2) is 0 Å². The minimum Gasteiger partial charge on any atom is -0.310 e. The number of fused-ring (bicyclic) bond motifs is 4. The predicted molar refractivity (Wildman–Crippen MR) is 204 cm³/mol. The molecule has 0 spiro atoms. The largest absolute Gasteiger partial charge is 0.310 e. The Bertz CT molecular complexity index is 2530. The highest BCUT2D eigenvalue weighted by Crippen LogP contribution is 2.39. The van der Waals surface area contributed by atoms with E-state index in [-0.39, 0.29) is 0 Å². The van der Waals surface area contributed by atoms with Gasteiger partial charge in [0.25, 0.3) is 0 Å². The van der Waals surface area contributed by atoms with Gasteiger partial charge in [-0.2, -0.15) is 0 Å². The SMILES string of the molecule is c1ccc(-c2ccc(N(c3ccc(-n4c5ccccc5c5cc6ccccc6cc54)cc3)c3cccc(-c4ccccc4)c3)cc2)cc1. The normalized spacial score (nSPS) is 11.3. The highest BCUT2D eigenvalue weighted by Gasteiger charge is 2.17. The summed E-state index contributed by atoms with van der Waals surface area (Å²) in [6, 6.07) is 69.9. The Morgan fingerprint density at radius 3 is 1.56 bits per heavy atom. The zero-order valence-corrected chi connectivity index (χ0v) is 26.4. The molecule has 0 unspecified atom stereocenters. The number of nitrogens with zero attached hydrogens (tertiary/aromatic N) is 2. The molecule has 9 aromatic rings. The van der Waals surface area contributed by atoms with Gasteiger partial charge >= 0.3 is 0 Å². The maximum absolute atomic E-state index is 2.40. The van der Waals surface area contributed by atoms with Crippen LogP contribution in [0.25, 0.3) is 60.5 Å². The van der Waals surface area contributed by atoms with Crippen LogP contribution in [0.2, 0.25) is 0 Å². The van der Waals surface area contributed by atoms with Crippen molar-refractivity contribution in [2.24, 2.45) is 0 Å². The number of anilines is 3. The van der Waals surface area contributed by atoms with E-state index in [4.69, 9.17) is 0 Å². The maximum atomic E-state index is 2.40. The summed E-state index contributed by atoms with van der Waals surface area (Å²) in [5, 5.41) is 5.04. The highest BCUT2D eigenvalue weighted by atomic mass is 15.1. The van der Waals surface area contributed by atoms with Gasteiger partial charge in [0, 0.05) is 33.5 Å². The number of para-hydroxylation sites is 1. The summed E-state index contributed by atoms with van der Waals surface area (Å²) in [5.41, 5.74) is 11.7. The summed E-state index contributed by atoms with van der Waals surface area (Å²) >= 11 is 0. The van der Waals surface area contributed by atoms with Crippen molar-refractivity contribution >= 4 is 49.6 Å². The Hall–Kier alpha value is -6.38. The molecular formula is C46H32N2. The molecular weight excluding hydrogens is 581 g/mol. The van der Waals surface area contributed by atoms with E-state index in [1.165, 1.54) is 54.8 Å². The molecule has 9 rings (SSSR count). The molecule has 0 aliphatic carbocycles. The number of benzene rings is 8. The van der Waals surface area contributed by atoms with Crippen LogP contribution in [0, 0.1) is 0 Å². The Morgan fingerprint density at radius 1 is 0.312 bits per heavy atom. The van der Waals surface area contributed by atoms with Gasteiger partial charge in [0.1, 0.15) is 0 Å². The lowest BCUT2D eigenvalue weighted by atomic mass is 10.0. The van der Waals surface area contributed by atoms with Gasteiger partial charge in [0.05, 0.1) is 11.0 Å². The van der Waals surface area contributed by atoms with Gasteiger partial charge in [-0.05, 0) is 99.8 Å². The van der Waals surface area contributed by atoms with Gasteiger partial charge in [-0.3, -0.25) is 0 Å². The van der Waals surface area contributed by atoms with E-state index in [2.05, 4.69) is 204 Å². The zero-order chi connectivity index (χ0) is 31.9. The second-order valence-electron chi connectivity index (χ2n) is 12.3. The first kappa shape index (κ1) is 27.9. The van der Waals surface area contributed by atoms with Crippen LogP contribution in [0.3, 0.4) is 0 Å². The molecule has 1 heterocycles. The van der Waals surface area contributed by atoms with Gasteiger partial charge in [-0.1, -0.05) is 127 Å². The zero-order valence-electron chi connectivity index (χ0n) is 26.4. The highest BCUT2D eigenvalue weighted by molar-refractivity contribution is 6.13. The van der Waals surface area contributed by atoms with Crippen molar-refractivity contribution in [3.05, 3.63) is 194 Å². The van der Waals surface area contributed by atoms with E-state index < -0.39 is 0 Å². The van der Waals surface area contributed by atoms with Crippen LogP contribution in [-0.4, -0.2) is 4.57 Å². The molecule has 48 heavy (non-hydrogen) atoms. The van der Waals surface area contributed by atoms with Crippen LogP contribution in [0.5, 0.6) is 0 Å². The molecule has 0 radical (unpaired) electrons. The van der Waals surface area contributed by atoms with Crippen molar-refractivity contribution in [1.82, 2.24) is 4.57 Å². The Balaban J connectivity index is 1.18. The molecule has 2 heteroatoms. The fourth-order valence-corrected chi connectivity index (χ4v) is 7.02. The van der Waals surface area contributed by atoms with E-state index >= 15 is 0 Å². The summed E-state index contributed by atoms with van der Waals surface area (Å²) in [6.07, 6.45) is 0. The standard InChI is InChI=1S/C46H32N2/c1-3-12-33(13-4-1)35-22-24-39(25-23-35)47(42-19-11-18-36(30-42)34-14-5-2-6-15-34)40-26-28-41(29-27-40)48-45-21-10-9-20-43(45)44-31-37-16-7-8-17-38(37)32-46(44)48/h1-32H. The summed E-state index contributed by atoms with van der Waals surface area (Å²) in [4.78, 5) is 2.35. The Morgan fingerprint density at radius 2 is 0.854 bits per heavy atom. The van der Waals surface area contributed by atoms with E-state index in [1.807, 2.05) is 0 Å². The van der Waals surface area contributed by atoms with Crippen molar-refractivity contribution in [2.45, 2.75) is 0 Å². The molecule has 0 bridgehead atoms. The van der Waals surface area contributed by atoms with Crippen LogP contribution >= 0.6 is 0 Å². The van der Waals surface area contributed by atoms with E-state index in [9.17, 15) is 0 Å².